The fourth-order valence-corrected chi connectivity index (χ4v) is 1.94. The van der Waals surface area contributed by atoms with Gasteiger partial charge in [0, 0.05) is 0 Å². The molecule has 1 saturated heterocycles. The molecule has 0 aromatic carbocycles. The third kappa shape index (κ3) is 2.99. The van der Waals surface area contributed by atoms with Crippen molar-refractivity contribution >= 4 is 11.8 Å². The zero-order chi connectivity index (χ0) is 16.4. The monoisotopic (exact) mass is 318 g/mol. The number of hydrogen-bond donors (Lipinski definition) is 6. The van der Waals surface area contributed by atoms with E-state index < -0.39 is 60.7 Å². The van der Waals surface area contributed by atoms with Gasteiger partial charge in [-0.25, -0.2) is 4.79 Å². The Kier molecular flexibility index (Phi) is 4.56. The van der Waals surface area contributed by atoms with Crippen LogP contribution in [-0.2, 0) is 9.53 Å². The van der Waals surface area contributed by atoms with E-state index in [-0.39, 0.29) is 0 Å². The summed E-state index contributed by atoms with van der Waals surface area (Å²) in [5.74, 6) is -1.73. The van der Waals surface area contributed by atoms with Crippen LogP contribution in [0.15, 0.2) is 9.59 Å². The molecule has 2 heterocycles. The Morgan fingerprint density at radius 2 is 2.05 bits per heavy atom. The first-order valence-electron chi connectivity index (χ1n) is 6.16. The van der Waals surface area contributed by atoms with Crippen LogP contribution >= 0.6 is 0 Å². The highest BCUT2D eigenvalue weighted by molar-refractivity contribution is 5.72. The summed E-state index contributed by atoms with van der Waals surface area (Å²) < 4.78 is 5.66. The number of anilines is 1. The topological polar surface area (TPSA) is 187 Å². The number of nitrogens with one attached hydrogen (secondary N) is 2. The van der Waals surface area contributed by atoms with Gasteiger partial charge in [0.2, 0.25) is 5.82 Å². The number of rotatable bonds is 5. The summed E-state index contributed by atoms with van der Waals surface area (Å²) in [7, 11) is 0. The molecule has 1 aromatic rings. The van der Waals surface area contributed by atoms with Crippen molar-refractivity contribution in [2.75, 3.05) is 18.5 Å². The van der Waals surface area contributed by atoms with E-state index in [0.717, 1.165) is 0 Å². The highest BCUT2D eigenvalue weighted by Crippen LogP contribution is 2.27. The molecule has 0 amide bonds. The maximum atomic E-state index is 11.7. The van der Waals surface area contributed by atoms with E-state index >= 15 is 0 Å². The SMILES string of the molecule is O=C(O)CNc1nn(C2OC(CO)C(O)C2O)c(=O)[nH]c1=O. The van der Waals surface area contributed by atoms with E-state index in [0.29, 0.717) is 4.68 Å². The normalized spacial score (nSPS) is 27.8. The van der Waals surface area contributed by atoms with E-state index in [1.807, 2.05) is 4.98 Å². The minimum absolute atomic E-state index is 0.472. The van der Waals surface area contributed by atoms with Gasteiger partial charge >= 0.3 is 11.7 Å². The van der Waals surface area contributed by atoms with Gasteiger partial charge in [0.1, 0.15) is 24.9 Å². The number of nitrogens with zero attached hydrogens (tertiary/aromatic N) is 2. The van der Waals surface area contributed by atoms with E-state index in [2.05, 4.69) is 10.4 Å². The van der Waals surface area contributed by atoms with Crippen LogP contribution in [0.3, 0.4) is 0 Å². The van der Waals surface area contributed by atoms with E-state index in [1.54, 1.807) is 0 Å². The summed E-state index contributed by atoms with van der Waals surface area (Å²) >= 11 is 0. The Morgan fingerprint density at radius 3 is 2.59 bits per heavy atom. The molecule has 0 bridgehead atoms. The molecule has 0 aliphatic carbocycles. The summed E-state index contributed by atoms with van der Waals surface area (Å²) in [6, 6.07) is 0. The molecule has 12 heteroatoms. The molecule has 12 nitrogen and oxygen atoms in total. The lowest BCUT2D eigenvalue weighted by Gasteiger charge is -2.16. The molecule has 1 aliphatic rings. The minimum Gasteiger partial charge on any atom is -0.480 e. The number of aromatic amines is 1. The predicted molar refractivity (Wildman–Crippen MR) is 68.3 cm³/mol. The van der Waals surface area contributed by atoms with Gasteiger partial charge in [-0.2, -0.15) is 4.68 Å². The third-order valence-electron chi connectivity index (χ3n) is 3.02. The molecule has 6 N–H and O–H groups in total. The lowest BCUT2D eigenvalue weighted by molar-refractivity contribution is -0.134. The summed E-state index contributed by atoms with van der Waals surface area (Å²) in [4.78, 5) is 35.6. The first-order chi connectivity index (χ1) is 10.3. The number of carboxylic acids is 1. The standard InChI is InChI=1S/C10H14N4O8/c15-2-3-5(18)6(19)9(22-3)14-10(21)12-8(20)7(13-14)11-1-4(16)17/h3,5-6,9,15,18-19H,1-2H2,(H,11,13)(H,16,17)(H,12,20,21). The van der Waals surface area contributed by atoms with Crippen molar-refractivity contribution in [3.63, 3.8) is 0 Å². The fourth-order valence-electron chi connectivity index (χ4n) is 1.94. The molecule has 1 fully saturated rings. The molecule has 122 valence electrons. The molecule has 4 atom stereocenters. The van der Waals surface area contributed by atoms with Gasteiger partial charge in [-0.1, -0.05) is 0 Å². The Labute approximate surface area is 121 Å². The molecule has 0 spiro atoms. The Bertz CT molecular complexity index is 670. The number of H-pyrrole nitrogens is 1. The average Bonchev–Trinajstić information content (AvgIpc) is 2.74. The number of aromatic nitrogens is 3. The molecule has 1 aromatic heterocycles. The Morgan fingerprint density at radius 1 is 1.36 bits per heavy atom. The van der Waals surface area contributed by atoms with E-state index in [4.69, 9.17) is 14.9 Å². The van der Waals surface area contributed by atoms with Crippen LogP contribution in [0.5, 0.6) is 0 Å². The highest BCUT2D eigenvalue weighted by Gasteiger charge is 2.44. The lowest BCUT2D eigenvalue weighted by atomic mass is 10.1. The van der Waals surface area contributed by atoms with E-state index in [1.165, 1.54) is 0 Å². The van der Waals surface area contributed by atoms with Gasteiger partial charge in [-0.15, -0.1) is 5.10 Å². The van der Waals surface area contributed by atoms with E-state index in [9.17, 15) is 24.6 Å². The number of aliphatic hydroxyl groups is 3. The average molecular weight is 318 g/mol. The van der Waals surface area contributed by atoms with Gasteiger partial charge in [0.15, 0.2) is 6.23 Å². The second-order valence-corrected chi connectivity index (χ2v) is 4.53. The van der Waals surface area contributed by atoms with Gasteiger partial charge in [-0.3, -0.25) is 14.6 Å². The summed E-state index contributed by atoms with van der Waals surface area (Å²) in [6.45, 7) is -1.22. The highest BCUT2D eigenvalue weighted by atomic mass is 16.6. The Balaban J connectivity index is 2.35. The minimum atomic E-state index is -1.57. The molecular weight excluding hydrogens is 304 g/mol. The van der Waals surface area contributed by atoms with Crippen LogP contribution in [0.1, 0.15) is 6.23 Å². The summed E-state index contributed by atoms with van der Waals surface area (Å²) in [6.07, 6.45) is -5.59. The van der Waals surface area contributed by atoms with Crippen molar-refractivity contribution in [3.8, 4) is 0 Å². The lowest BCUT2D eigenvalue weighted by Crippen LogP contribution is -2.41. The summed E-state index contributed by atoms with van der Waals surface area (Å²) in [5, 5.41) is 42.8. The summed E-state index contributed by atoms with van der Waals surface area (Å²) in [5.41, 5.74) is -1.98. The van der Waals surface area contributed by atoms with Crippen molar-refractivity contribution in [2.45, 2.75) is 24.5 Å². The van der Waals surface area contributed by atoms with Crippen molar-refractivity contribution in [1.29, 1.82) is 0 Å². The van der Waals surface area contributed by atoms with Crippen LogP contribution < -0.4 is 16.6 Å². The Hall–Kier alpha value is -2.28. The van der Waals surface area contributed by atoms with Crippen molar-refractivity contribution in [2.24, 2.45) is 0 Å². The first kappa shape index (κ1) is 16.1. The zero-order valence-electron chi connectivity index (χ0n) is 11.0. The molecule has 1 aliphatic heterocycles. The molecule has 2 rings (SSSR count). The number of carboxylic acid groups (broad SMARTS) is 1. The van der Waals surface area contributed by atoms with Crippen LogP contribution in [0.2, 0.25) is 0 Å². The number of hydrogen-bond acceptors (Lipinski definition) is 9. The third-order valence-corrected chi connectivity index (χ3v) is 3.02. The fraction of sp³-hybridized carbons (Fsp3) is 0.600. The number of aliphatic carboxylic acids is 1. The number of ether oxygens (including phenoxy) is 1. The van der Waals surface area contributed by atoms with Crippen molar-refractivity contribution < 1.29 is 30.0 Å². The number of carbonyl (C=O) groups is 1. The second-order valence-electron chi connectivity index (χ2n) is 4.53. The van der Waals surface area contributed by atoms with Crippen LogP contribution in [0.25, 0.3) is 0 Å². The predicted octanol–water partition coefficient (Wildman–Crippen LogP) is -3.96. The van der Waals surface area contributed by atoms with Crippen LogP contribution in [-0.4, -0.2) is 72.6 Å². The van der Waals surface area contributed by atoms with Crippen molar-refractivity contribution in [1.82, 2.24) is 14.8 Å². The maximum Gasteiger partial charge on any atom is 0.347 e. The molecular formula is C10H14N4O8. The first-order valence-corrected chi connectivity index (χ1v) is 6.16. The molecule has 0 saturated carbocycles. The maximum absolute atomic E-state index is 11.7. The number of aliphatic hydroxyl groups excluding tert-OH is 3. The zero-order valence-corrected chi connectivity index (χ0v) is 11.0. The molecule has 22 heavy (non-hydrogen) atoms. The van der Waals surface area contributed by atoms with Gasteiger partial charge < -0.3 is 30.5 Å². The molecule has 4 unspecified atom stereocenters. The second kappa shape index (κ2) is 6.23. The largest absolute Gasteiger partial charge is 0.480 e. The van der Waals surface area contributed by atoms with Gasteiger partial charge in [0.05, 0.1) is 6.61 Å². The van der Waals surface area contributed by atoms with Crippen LogP contribution in [0, 0.1) is 0 Å². The molecule has 0 radical (unpaired) electrons. The quantitative estimate of drug-likeness (QED) is 0.312. The van der Waals surface area contributed by atoms with Gasteiger partial charge in [0.25, 0.3) is 5.56 Å². The van der Waals surface area contributed by atoms with Gasteiger partial charge in [-0.05, 0) is 0 Å². The van der Waals surface area contributed by atoms with Crippen LogP contribution in [0.4, 0.5) is 5.82 Å². The smallest absolute Gasteiger partial charge is 0.347 e. The van der Waals surface area contributed by atoms with Crippen molar-refractivity contribution in [3.05, 3.63) is 20.8 Å².